The summed E-state index contributed by atoms with van der Waals surface area (Å²) in [6.07, 6.45) is 7.21. The molecule has 0 spiro atoms. The molecular weight excluding hydrogens is 222 g/mol. The molecule has 0 bridgehead atoms. The lowest BCUT2D eigenvalue weighted by atomic mass is 10.1. The van der Waals surface area contributed by atoms with Gasteiger partial charge in [0, 0.05) is 18.3 Å². The average molecular weight is 249 g/mol. The quantitative estimate of drug-likeness (QED) is 0.767. The van der Waals surface area contributed by atoms with Crippen LogP contribution in [-0.2, 0) is 25.8 Å². The van der Waals surface area contributed by atoms with Crippen LogP contribution < -0.4 is 5.32 Å². The fraction of sp³-hybridized carbons (Fsp3) is 0.800. The number of nitrogens with one attached hydrogen (secondary N) is 1. The van der Waals surface area contributed by atoms with Gasteiger partial charge in [-0.3, -0.25) is 4.68 Å². The monoisotopic (exact) mass is 249 g/mol. The van der Waals surface area contributed by atoms with E-state index in [1.807, 2.05) is 0 Å². The van der Waals surface area contributed by atoms with Gasteiger partial charge in [-0.25, -0.2) is 0 Å². The van der Waals surface area contributed by atoms with Crippen molar-refractivity contribution in [2.75, 3.05) is 6.54 Å². The molecule has 1 aliphatic carbocycles. The number of rotatable bonds is 8. The molecule has 0 radical (unpaired) electrons. The van der Waals surface area contributed by atoms with Crippen molar-refractivity contribution >= 4 is 0 Å². The van der Waals surface area contributed by atoms with Crippen LogP contribution >= 0.6 is 0 Å². The van der Waals surface area contributed by atoms with Crippen LogP contribution in [-0.4, -0.2) is 22.4 Å². The fourth-order valence-corrected chi connectivity index (χ4v) is 2.64. The van der Waals surface area contributed by atoms with Crippen molar-refractivity contribution in [3.63, 3.8) is 0 Å². The molecule has 3 heteroatoms. The highest BCUT2D eigenvalue weighted by Crippen LogP contribution is 2.20. The summed E-state index contributed by atoms with van der Waals surface area (Å²) < 4.78 is 2.24. The van der Waals surface area contributed by atoms with Crippen molar-refractivity contribution in [2.45, 2.75) is 71.9 Å². The topological polar surface area (TPSA) is 29.9 Å². The van der Waals surface area contributed by atoms with Gasteiger partial charge in [-0.05, 0) is 50.6 Å². The molecule has 0 aromatic carbocycles. The maximum absolute atomic E-state index is 4.79. The summed E-state index contributed by atoms with van der Waals surface area (Å²) in [4.78, 5) is 0. The van der Waals surface area contributed by atoms with Crippen molar-refractivity contribution < 1.29 is 0 Å². The zero-order chi connectivity index (χ0) is 13.0. The Morgan fingerprint density at radius 1 is 1.22 bits per heavy atom. The van der Waals surface area contributed by atoms with Crippen LogP contribution in [0.1, 0.15) is 57.0 Å². The zero-order valence-corrected chi connectivity index (χ0v) is 12.1. The van der Waals surface area contributed by atoms with E-state index in [1.165, 1.54) is 29.8 Å². The maximum Gasteiger partial charge on any atom is 0.0657 e. The van der Waals surface area contributed by atoms with E-state index in [0.29, 0.717) is 0 Å². The molecule has 102 valence electrons. The maximum atomic E-state index is 4.79. The van der Waals surface area contributed by atoms with E-state index < -0.39 is 0 Å². The average Bonchev–Trinajstić information content (AvgIpc) is 3.13. The molecule has 1 fully saturated rings. The van der Waals surface area contributed by atoms with Crippen molar-refractivity contribution in [2.24, 2.45) is 0 Å². The molecule has 1 heterocycles. The Morgan fingerprint density at radius 3 is 2.56 bits per heavy atom. The minimum Gasteiger partial charge on any atom is -0.314 e. The first-order valence-electron chi connectivity index (χ1n) is 7.60. The van der Waals surface area contributed by atoms with Crippen molar-refractivity contribution in [1.82, 2.24) is 15.1 Å². The minimum atomic E-state index is 0.811. The molecule has 0 atom stereocenters. The van der Waals surface area contributed by atoms with Crippen LogP contribution in [0.2, 0.25) is 0 Å². The highest BCUT2D eigenvalue weighted by atomic mass is 15.3. The van der Waals surface area contributed by atoms with Gasteiger partial charge in [-0.15, -0.1) is 0 Å². The third-order valence-corrected chi connectivity index (χ3v) is 3.74. The van der Waals surface area contributed by atoms with Gasteiger partial charge in [0.1, 0.15) is 0 Å². The Balaban J connectivity index is 2.07. The van der Waals surface area contributed by atoms with Crippen molar-refractivity contribution in [3.8, 4) is 0 Å². The molecule has 0 aliphatic heterocycles. The summed E-state index contributed by atoms with van der Waals surface area (Å²) in [7, 11) is 0. The van der Waals surface area contributed by atoms with Gasteiger partial charge in [0.05, 0.1) is 5.69 Å². The van der Waals surface area contributed by atoms with Crippen molar-refractivity contribution in [1.29, 1.82) is 0 Å². The Kier molecular flexibility index (Phi) is 4.81. The third-order valence-electron chi connectivity index (χ3n) is 3.74. The van der Waals surface area contributed by atoms with Gasteiger partial charge in [0.15, 0.2) is 0 Å². The molecule has 18 heavy (non-hydrogen) atoms. The van der Waals surface area contributed by atoms with Crippen LogP contribution in [0.3, 0.4) is 0 Å². The Morgan fingerprint density at radius 2 is 2.00 bits per heavy atom. The smallest absolute Gasteiger partial charge is 0.0657 e. The van der Waals surface area contributed by atoms with Crippen molar-refractivity contribution in [3.05, 3.63) is 17.0 Å². The standard InChI is InChI=1S/C15H27N3/c1-4-11-18-15(6-3)13(14(5-2)17-18)9-10-16-12-7-8-12/h12,16H,4-11H2,1-3H3. The predicted molar refractivity (Wildman–Crippen MR) is 76.0 cm³/mol. The van der Waals surface area contributed by atoms with Gasteiger partial charge in [0.2, 0.25) is 0 Å². The normalized spacial score (nSPS) is 15.3. The second kappa shape index (κ2) is 6.37. The van der Waals surface area contributed by atoms with Gasteiger partial charge in [0.25, 0.3) is 0 Å². The molecule has 0 unspecified atom stereocenters. The van der Waals surface area contributed by atoms with E-state index in [9.17, 15) is 0 Å². The van der Waals surface area contributed by atoms with Crippen LogP contribution in [0.25, 0.3) is 0 Å². The second-order valence-corrected chi connectivity index (χ2v) is 5.28. The molecule has 1 aromatic rings. The Labute approximate surface area is 111 Å². The van der Waals surface area contributed by atoms with Crippen LogP contribution in [0, 0.1) is 0 Å². The van der Waals surface area contributed by atoms with Crippen LogP contribution in [0.4, 0.5) is 0 Å². The summed E-state index contributed by atoms with van der Waals surface area (Å²) in [6.45, 7) is 8.87. The van der Waals surface area contributed by atoms with Gasteiger partial charge in [-0.2, -0.15) is 5.10 Å². The van der Waals surface area contributed by atoms with E-state index in [2.05, 4.69) is 30.8 Å². The first kappa shape index (κ1) is 13.6. The SMILES string of the molecule is CCCn1nc(CC)c(CCNC2CC2)c1CC. The minimum absolute atomic E-state index is 0.811. The molecular formula is C15H27N3. The number of hydrogen-bond acceptors (Lipinski definition) is 2. The van der Waals surface area contributed by atoms with E-state index in [1.54, 1.807) is 0 Å². The fourth-order valence-electron chi connectivity index (χ4n) is 2.64. The molecule has 0 amide bonds. The number of nitrogens with zero attached hydrogens (tertiary/aromatic N) is 2. The second-order valence-electron chi connectivity index (χ2n) is 5.28. The highest BCUT2D eigenvalue weighted by Gasteiger charge is 2.21. The molecule has 1 saturated carbocycles. The molecule has 0 saturated heterocycles. The highest BCUT2D eigenvalue weighted by molar-refractivity contribution is 5.27. The van der Waals surface area contributed by atoms with Gasteiger partial charge < -0.3 is 5.32 Å². The first-order valence-corrected chi connectivity index (χ1v) is 7.60. The van der Waals surface area contributed by atoms with Crippen LogP contribution in [0.5, 0.6) is 0 Å². The lowest BCUT2D eigenvalue weighted by molar-refractivity contribution is 0.570. The number of aryl methyl sites for hydroxylation is 2. The van der Waals surface area contributed by atoms with Gasteiger partial charge in [-0.1, -0.05) is 20.8 Å². The molecule has 1 aliphatic rings. The summed E-state index contributed by atoms with van der Waals surface area (Å²) in [6, 6.07) is 0.811. The first-order chi connectivity index (χ1) is 8.80. The van der Waals surface area contributed by atoms with E-state index >= 15 is 0 Å². The third kappa shape index (κ3) is 3.14. The predicted octanol–water partition coefficient (Wildman–Crippen LogP) is 2.71. The lowest BCUT2D eigenvalue weighted by Crippen LogP contribution is -2.20. The Bertz CT molecular complexity index is 377. The van der Waals surface area contributed by atoms with E-state index in [4.69, 9.17) is 5.10 Å². The molecule has 2 rings (SSSR count). The summed E-state index contributed by atoms with van der Waals surface area (Å²) in [5, 5.41) is 8.40. The molecule has 3 nitrogen and oxygen atoms in total. The molecule has 1 N–H and O–H groups in total. The van der Waals surface area contributed by atoms with E-state index in [0.717, 1.165) is 44.8 Å². The zero-order valence-electron chi connectivity index (χ0n) is 12.1. The van der Waals surface area contributed by atoms with Crippen LogP contribution in [0.15, 0.2) is 0 Å². The molecule has 1 aromatic heterocycles. The number of aromatic nitrogens is 2. The summed E-state index contributed by atoms with van der Waals surface area (Å²) in [5.74, 6) is 0. The lowest BCUT2D eigenvalue weighted by Gasteiger charge is -2.07. The van der Waals surface area contributed by atoms with E-state index in [-0.39, 0.29) is 0 Å². The number of hydrogen-bond donors (Lipinski definition) is 1. The summed E-state index contributed by atoms with van der Waals surface area (Å²) >= 11 is 0. The van der Waals surface area contributed by atoms with Gasteiger partial charge >= 0.3 is 0 Å². The summed E-state index contributed by atoms with van der Waals surface area (Å²) in [5.41, 5.74) is 4.30. The Hall–Kier alpha value is -0.830. The largest absolute Gasteiger partial charge is 0.314 e.